The standard InChI is InChI=1S/C17H17N5O4/c23-16(24)10-21-6-4-19(12-21)8-14-2-1-3-15(18-14)9-20-5-7-22(13-20)11-17(25)26/h1-7,12-13H,8-11H2/p+2. The van der Waals surface area contributed by atoms with Crippen molar-refractivity contribution in [3.8, 4) is 0 Å². The van der Waals surface area contributed by atoms with Gasteiger partial charge in [-0.3, -0.25) is 0 Å². The topological polar surface area (TPSA) is 105 Å². The lowest BCUT2D eigenvalue weighted by molar-refractivity contribution is -0.689. The molecule has 0 amide bonds. The van der Waals surface area contributed by atoms with Crippen LogP contribution >= 0.6 is 0 Å². The zero-order valence-electron chi connectivity index (χ0n) is 14.0. The maximum Gasteiger partial charge on any atom is 0.346 e. The van der Waals surface area contributed by atoms with Crippen LogP contribution in [0, 0.1) is 0 Å². The number of hydrogen-bond donors (Lipinski definition) is 2. The molecule has 0 aliphatic heterocycles. The normalized spacial score (nSPS) is 10.8. The summed E-state index contributed by atoms with van der Waals surface area (Å²) in [5.41, 5.74) is 1.71. The van der Waals surface area contributed by atoms with Crippen molar-refractivity contribution in [1.82, 2.24) is 14.1 Å². The quantitative estimate of drug-likeness (QED) is 0.530. The third kappa shape index (κ3) is 4.76. The molecule has 0 radical (unpaired) electrons. The molecule has 0 atom stereocenters. The van der Waals surface area contributed by atoms with Gasteiger partial charge in [0, 0.05) is 0 Å². The van der Waals surface area contributed by atoms with E-state index < -0.39 is 11.9 Å². The molecule has 2 N–H and O–H groups in total. The van der Waals surface area contributed by atoms with Crippen molar-refractivity contribution in [2.75, 3.05) is 0 Å². The van der Waals surface area contributed by atoms with Gasteiger partial charge in [-0.05, 0) is 12.1 Å². The molecule has 0 unspecified atom stereocenters. The molecule has 0 aliphatic rings. The highest BCUT2D eigenvalue weighted by Gasteiger charge is 2.11. The van der Waals surface area contributed by atoms with Gasteiger partial charge in [0.15, 0.2) is 13.1 Å². The van der Waals surface area contributed by atoms with Gasteiger partial charge in [0.1, 0.15) is 37.9 Å². The van der Waals surface area contributed by atoms with Crippen LogP contribution in [0.5, 0.6) is 0 Å². The van der Waals surface area contributed by atoms with Gasteiger partial charge in [-0.25, -0.2) is 32.8 Å². The van der Waals surface area contributed by atoms with Crippen molar-refractivity contribution in [1.29, 1.82) is 0 Å². The Morgan fingerprint density at radius 3 is 1.77 bits per heavy atom. The maximum atomic E-state index is 10.7. The molecule has 0 aromatic carbocycles. The summed E-state index contributed by atoms with van der Waals surface area (Å²) in [7, 11) is 0. The molecule has 3 heterocycles. The van der Waals surface area contributed by atoms with Gasteiger partial charge >= 0.3 is 11.9 Å². The number of nitrogens with zero attached hydrogens (tertiary/aromatic N) is 5. The summed E-state index contributed by atoms with van der Waals surface area (Å²) in [6, 6.07) is 5.73. The first-order valence-corrected chi connectivity index (χ1v) is 7.96. The van der Waals surface area contributed by atoms with E-state index in [1.54, 1.807) is 46.6 Å². The Bertz CT molecular complexity index is 859. The van der Waals surface area contributed by atoms with Gasteiger partial charge < -0.3 is 10.2 Å². The number of aliphatic carboxylic acids is 2. The molecule has 9 nitrogen and oxygen atoms in total. The van der Waals surface area contributed by atoms with Gasteiger partial charge in [0.05, 0.1) is 11.4 Å². The lowest BCUT2D eigenvalue weighted by atomic mass is 10.3. The number of rotatable bonds is 8. The fourth-order valence-electron chi connectivity index (χ4n) is 2.64. The monoisotopic (exact) mass is 357 g/mol. The Morgan fingerprint density at radius 2 is 1.35 bits per heavy atom. The number of hydrogen-bond acceptors (Lipinski definition) is 3. The van der Waals surface area contributed by atoms with Crippen molar-refractivity contribution in [3.63, 3.8) is 0 Å². The van der Waals surface area contributed by atoms with Crippen molar-refractivity contribution in [2.45, 2.75) is 26.2 Å². The van der Waals surface area contributed by atoms with Crippen LogP contribution in [0.1, 0.15) is 11.4 Å². The summed E-state index contributed by atoms with van der Waals surface area (Å²) in [5, 5.41) is 17.6. The first-order chi connectivity index (χ1) is 12.5. The highest BCUT2D eigenvalue weighted by Crippen LogP contribution is 2.00. The molecule has 9 heteroatoms. The lowest BCUT2D eigenvalue weighted by Gasteiger charge is -2.01. The van der Waals surface area contributed by atoms with Crippen LogP contribution < -0.4 is 9.13 Å². The maximum absolute atomic E-state index is 10.7. The van der Waals surface area contributed by atoms with Gasteiger partial charge in [-0.2, -0.15) is 0 Å². The molecule has 26 heavy (non-hydrogen) atoms. The second kappa shape index (κ2) is 7.60. The summed E-state index contributed by atoms with van der Waals surface area (Å²) < 4.78 is 6.91. The zero-order chi connectivity index (χ0) is 18.5. The van der Waals surface area contributed by atoms with E-state index >= 15 is 0 Å². The smallest absolute Gasteiger partial charge is 0.346 e. The molecule has 0 saturated heterocycles. The molecule has 3 aromatic heterocycles. The molecular weight excluding hydrogens is 338 g/mol. The number of carboxylic acids is 2. The van der Waals surface area contributed by atoms with E-state index in [9.17, 15) is 9.59 Å². The number of imidazole rings is 2. The minimum atomic E-state index is -0.889. The van der Waals surface area contributed by atoms with E-state index in [2.05, 4.69) is 4.98 Å². The fraction of sp³-hybridized carbons (Fsp3) is 0.235. The van der Waals surface area contributed by atoms with Gasteiger partial charge in [-0.15, -0.1) is 0 Å². The molecule has 134 valence electrons. The van der Waals surface area contributed by atoms with E-state index in [0.717, 1.165) is 11.4 Å². The highest BCUT2D eigenvalue weighted by molar-refractivity contribution is 5.66. The first kappa shape index (κ1) is 17.3. The highest BCUT2D eigenvalue weighted by atomic mass is 16.4. The second-order valence-electron chi connectivity index (χ2n) is 5.92. The van der Waals surface area contributed by atoms with Crippen LogP contribution in [0.25, 0.3) is 0 Å². The SMILES string of the molecule is O=C(O)Cn1cc[n+](Cc2cccc(C[n+]3ccn(CC(=O)O)c3)n2)c1. The molecular formula is C17H19N5O4+2. The Kier molecular flexibility index (Phi) is 5.07. The summed E-state index contributed by atoms with van der Waals surface area (Å²) in [5.74, 6) is -1.78. The van der Waals surface area contributed by atoms with Crippen molar-refractivity contribution < 1.29 is 28.9 Å². The average Bonchev–Trinajstić information content (AvgIpc) is 3.16. The van der Waals surface area contributed by atoms with Crippen LogP contribution in [0.3, 0.4) is 0 Å². The van der Waals surface area contributed by atoms with Gasteiger partial charge in [-0.1, -0.05) is 6.07 Å². The number of pyridine rings is 1. The van der Waals surface area contributed by atoms with E-state index in [-0.39, 0.29) is 13.1 Å². The average molecular weight is 357 g/mol. The van der Waals surface area contributed by atoms with E-state index in [0.29, 0.717) is 13.1 Å². The minimum absolute atomic E-state index is 0.0789. The Morgan fingerprint density at radius 1 is 0.885 bits per heavy atom. The Balaban J connectivity index is 1.66. The van der Waals surface area contributed by atoms with Crippen molar-refractivity contribution in [2.24, 2.45) is 0 Å². The van der Waals surface area contributed by atoms with E-state index in [1.807, 2.05) is 27.3 Å². The van der Waals surface area contributed by atoms with Crippen LogP contribution in [0.15, 0.2) is 55.6 Å². The predicted octanol–water partition coefficient (Wildman–Crippen LogP) is -0.475. The summed E-state index contributed by atoms with van der Waals surface area (Å²) in [6.07, 6.45) is 10.5. The third-order valence-electron chi connectivity index (χ3n) is 3.68. The first-order valence-electron chi connectivity index (χ1n) is 7.96. The number of aromatic nitrogens is 5. The number of carbonyl (C=O) groups is 2. The third-order valence-corrected chi connectivity index (χ3v) is 3.68. The molecule has 0 aliphatic carbocycles. The fourth-order valence-corrected chi connectivity index (χ4v) is 2.64. The van der Waals surface area contributed by atoms with Crippen molar-refractivity contribution >= 4 is 11.9 Å². The van der Waals surface area contributed by atoms with Gasteiger partial charge in [0.2, 0.25) is 12.7 Å². The van der Waals surface area contributed by atoms with Crippen LogP contribution in [0.2, 0.25) is 0 Å². The van der Waals surface area contributed by atoms with Crippen LogP contribution in [-0.4, -0.2) is 36.3 Å². The minimum Gasteiger partial charge on any atom is -0.478 e. The number of carboxylic acid groups (broad SMARTS) is 2. The molecule has 0 fully saturated rings. The summed E-state index contributed by atoms with van der Waals surface area (Å²) >= 11 is 0. The van der Waals surface area contributed by atoms with Crippen molar-refractivity contribution in [3.05, 3.63) is 67.0 Å². The van der Waals surface area contributed by atoms with Crippen LogP contribution in [-0.2, 0) is 35.8 Å². The molecule has 3 aromatic rings. The molecule has 0 spiro atoms. The molecule has 0 bridgehead atoms. The van der Waals surface area contributed by atoms with Gasteiger partial charge in [0.25, 0.3) is 0 Å². The summed E-state index contributed by atoms with van der Waals surface area (Å²) in [4.78, 5) is 26.1. The van der Waals surface area contributed by atoms with Crippen LogP contribution in [0.4, 0.5) is 0 Å². The predicted molar refractivity (Wildman–Crippen MR) is 87.0 cm³/mol. The molecule has 0 saturated carbocycles. The summed E-state index contributed by atoms with van der Waals surface area (Å²) in [6.45, 7) is 0.908. The molecule has 3 rings (SSSR count). The Labute approximate surface area is 149 Å². The second-order valence-corrected chi connectivity index (χ2v) is 5.92. The van der Waals surface area contributed by atoms with E-state index in [1.165, 1.54) is 0 Å². The van der Waals surface area contributed by atoms with E-state index in [4.69, 9.17) is 10.2 Å². The largest absolute Gasteiger partial charge is 0.478 e. The zero-order valence-corrected chi connectivity index (χ0v) is 14.0. The Hall–Kier alpha value is -3.49. The lowest BCUT2D eigenvalue weighted by Crippen LogP contribution is -2.34.